The van der Waals surface area contributed by atoms with Crippen molar-refractivity contribution in [2.24, 2.45) is 4.99 Å². The first-order chi connectivity index (χ1) is 11.2. The number of hydrogen-bond acceptors (Lipinski definition) is 2. The van der Waals surface area contributed by atoms with Gasteiger partial charge in [-0.05, 0) is 44.1 Å². The van der Waals surface area contributed by atoms with Gasteiger partial charge in [-0.15, -0.1) is 5.73 Å². The molecule has 1 aliphatic heterocycles. The molecule has 0 spiro atoms. The first kappa shape index (κ1) is 16.7. The Labute approximate surface area is 140 Å². The molecule has 0 unspecified atom stereocenters. The fourth-order valence-corrected chi connectivity index (χ4v) is 2.33. The van der Waals surface area contributed by atoms with Crippen molar-refractivity contribution in [3.8, 4) is 0 Å². The molecule has 118 valence electrons. The third-order valence-electron chi connectivity index (χ3n) is 3.67. The second-order valence-electron chi connectivity index (χ2n) is 5.27. The minimum absolute atomic E-state index is 0. The molecule has 0 saturated heterocycles. The maximum Gasteiger partial charge on any atom is 0.0739 e. The molecule has 2 rings (SSSR count). The van der Waals surface area contributed by atoms with Crippen LogP contribution in [0.3, 0.4) is 0 Å². The standard InChI is InChI=1S/C21H22N2.H2/c1-5-16(4)20-14-10-12-19(22-20)15-18-11-8-9-13-21(23-18)17(6-2)7-3;/h6-7,9-14H,1-2,8,15H2,3-4H3;1H/b17-7-;. The Morgan fingerprint density at radius 1 is 1.43 bits per heavy atom. The molecule has 0 bridgehead atoms. The second kappa shape index (κ2) is 8.07. The van der Waals surface area contributed by atoms with Crippen LogP contribution < -0.4 is 0 Å². The number of aromatic nitrogens is 1. The van der Waals surface area contributed by atoms with Crippen LogP contribution in [0, 0.1) is 0 Å². The Kier molecular flexibility index (Phi) is 5.85. The van der Waals surface area contributed by atoms with Gasteiger partial charge in [-0.25, -0.2) is 0 Å². The average molecular weight is 304 g/mol. The molecule has 0 aromatic carbocycles. The lowest BCUT2D eigenvalue weighted by Gasteiger charge is -2.06. The fourth-order valence-electron chi connectivity index (χ4n) is 2.33. The van der Waals surface area contributed by atoms with E-state index in [4.69, 9.17) is 4.99 Å². The molecule has 0 amide bonds. The van der Waals surface area contributed by atoms with Crippen molar-refractivity contribution in [3.63, 3.8) is 0 Å². The Bertz CT molecular complexity index is 773. The van der Waals surface area contributed by atoms with Gasteiger partial charge in [-0.2, -0.15) is 0 Å². The van der Waals surface area contributed by atoms with Gasteiger partial charge in [-0.3, -0.25) is 9.98 Å². The lowest BCUT2D eigenvalue weighted by Crippen LogP contribution is -2.00. The van der Waals surface area contributed by atoms with Crippen LogP contribution in [0.1, 0.15) is 33.1 Å². The van der Waals surface area contributed by atoms with Gasteiger partial charge in [0, 0.05) is 24.8 Å². The van der Waals surface area contributed by atoms with Crippen LogP contribution in [0.15, 0.2) is 83.7 Å². The first-order valence-corrected chi connectivity index (χ1v) is 7.74. The lowest BCUT2D eigenvalue weighted by molar-refractivity contribution is 1.01. The van der Waals surface area contributed by atoms with Crippen molar-refractivity contribution in [2.45, 2.75) is 26.7 Å². The predicted octanol–water partition coefficient (Wildman–Crippen LogP) is 5.48. The summed E-state index contributed by atoms with van der Waals surface area (Å²) in [7, 11) is 0. The monoisotopic (exact) mass is 304 g/mol. The maximum atomic E-state index is 4.78. The van der Waals surface area contributed by atoms with Gasteiger partial charge in [0.2, 0.25) is 0 Å². The third-order valence-corrected chi connectivity index (χ3v) is 3.67. The summed E-state index contributed by atoms with van der Waals surface area (Å²) >= 11 is 0. The number of nitrogens with zero attached hydrogens (tertiary/aromatic N) is 2. The highest BCUT2D eigenvalue weighted by atomic mass is 14.8. The van der Waals surface area contributed by atoms with Gasteiger partial charge in [-0.1, -0.05) is 43.5 Å². The highest BCUT2D eigenvalue weighted by Crippen LogP contribution is 2.17. The number of aliphatic imine (C=N–C) groups is 1. The zero-order valence-electron chi connectivity index (χ0n) is 13.8. The summed E-state index contributed by atoms with van der Waals surface area (Å²) in [5.74, 6) is 0. The molecule has 1 aromatic heterocycles. The summed E-state index contributed by atoms with van der Waals surface area (Å²) in [6, 6.07) is 6.02. The van der Waals surface area contributed by atoms with E-state index in [0.717, 1.165) is 40.4 Å². The van der Waals surface area contributed by atoms with E-state index >= 15 is 0 Å². The quantitative estimate of drug-likeness (QED) is 0.522. The molecule has 0 atom stereocenters. The summed E-state index contributed by atoms with van der Waals surface area (Å²) in [6.45, 7) is 11.5. The molecule has 0 radical (unpaired) electrons. The molecule has 1 aliphatic rings. The van der Waals surface area contributed by atoms with Crippen molar-refractivity contribution < 1.29 is 1.43 Å². The van der Waals surface area contributed by atoms with Gasteiger partial charge in [0.15, 0.2) is 0 Å². The molecular formula is C21H24N2. The van der Waals surface area contributed by atoms with Gasteiger partial charge in [0.25, 0.3) is 0 Å². The molecule has 2 nitrogen and oxygen atoms in total. The number of allylic oxidation sites excluding steroid dienone is 8. The minimum atomic E-state index is 0. The van der Waals surface area contributed by atoms with E-state index in [2.05, 4.69) is 42.1 Å². The van der Waals surface area contributed by atoms with E-state index in [-0.39, 0.29) is 1.43 Å². The molecule has 0 N–H and O–H groups in total. The van der Waals surface area contributed by atoms with Crippen LogP contribution in [0.5, 0.6) is 0 Å². The molecule has 0 fully saturated rings. The molecule has 2 heterocycles. The van der Waals surface area contributed by atoms with E-state index in [9.17, 15) is 0 Å². The number of hydrogen-bond donors (Lipinski definition) is 0. The smallest absolute Gasteiger partial charge is 0.0739 e. The Morgan fingerprint density at radius 2 is 2.26 bits per heavy atom. The van der Waals surface area contributed by atoms with Gasteiger partial charge in [0.05, 0.1) is 11.4 Å². The number of pyridine rings is 1. The van der Waals surface area contributed by atoms with Crippen molar-refractivity contribution in [2.75, 3.05) is 0 Å². The predicted molar refractivity (Wildman–Crippen MR) is 102 cm³/mol. The summed E-state index contributed by atoms with van der Waals surface area (Å²) in [6.07, 6.45) is 11.8. The minimum Gasteiger partial charge on any atom is -0.253 e. The van der Waals surface area contributed by atoms with Crippen LogP contribution in [0.25, 0.3) is 5.57 Å². The summed E-state index contributed by atoms with van der Waals surface area (Å²) in [4.78, 5) is 9.46. The van der Waals surface area contributed by atoms with Crippen molar-refractivity contribution in [1.29, 1.82) is 0 Å². The van der Waals surface area contributed by atoms with Crippen LogP contribution in [0.4, 0.5) is 0 Å². The van der Waals surface area contributed by atoms with Crippen LogP contribution in [-0.4, -0.2) is 10.7 Å². The van der Waals surface area contributed by atoms with Gasteiger partial charge >= 0.3 is 0 Å². The van der Waals surface area contributed by atoms with Gasteiger partial charge in [0.1, 0.15) is 0 Å². The molecule has 2 heteroatoms. The Morgan fingerprint density at radius 3 is 2.96 bits per heavy atom. The van der Waals surface area contributed by atoms with E-state index in [1.54, 1.807) is 0 Å². The van der Waals surface area contributed by atoms with E-state index in [1.165, 1.54) is 0 Å². The average Bonchev–Trinajstić information content (AvgIpc) is 2.81. The molecule has 0 saturated carbocycles. The normalized spacial score (nSPS) is 14.4. The van der Waals surface area contributed by atoms with E-state index in [1.807, 2.05) is 44.2 Å². The van der Waals surface area contributed by atoms with Crippen molar-refractivity contribution in [1.82, 2.24) is 4.98 Å². The topological polar surface area (TPSA) is 25.2 Å². The number of rotatable bonds is 5. The highest BCUT2D eigenvalue weighted by molar-refractivity contribution is 6.10. The Balaban J connectivity index is 0.00000288. The molecular weight excluding hydrogens is 280 g/mol. The molecule has 1 aromatic rings. The highest BCUT2D eigenvalue weighted by Gasteiger charge is 2.07. The van der Waals surface area contributed by atoms with E-state index in [0.29, 0.717) is 6.42 Å². The first-order valence-electron chi connectivity index (χ1n) is 7.74. The van der Waals surface area contributed by atoms with Crippen LogP contribution in [-0.2, 0) is 6.42 Å². The van der Waals surface area contributed by atoms with E-state index < -0.39 is 0 Å². The maximum absolute atomic E-state index is 4.78. The Hall–Kier alpha value is -2.70. The SMILES string of the molecule is C=C=C(C)c1cccc(CC2=CCC=CC(/C(C=C)=C\C)=N2)n1.[HH]. The lowest BCUT2D eigenvalue weighted by atomic mass is 10.1. The molecule has 23 heavy (non-hydrogen) atoms. The summed E-state index contributed by atoms with van der Waals surface area (Å²) in [5.41, 5.74) is 8.77. The summed E-state index contributed by atoms with van der Waals surface area (Å²) < 4.78 is 0. The zero-order chi connectivity index (χ0) is 16.7. The zero-order valence-corrected chi connectivity index (χ0v) is 13.8. The largest absolute Gasteiger partial charge is 0.253 e. The third kappa shape index (κ3) is 4.38. The molecule has 0 aliphatic carbocycles. The van der Waals surface area contributed by atoms with Crippen molar-refractivity contribution in [3.05, 3.63) is 90.1 Å². The summed E-state index contributed by atoms with van der Waals surface area (Å²) in [5, 5.41) is 0. The fraction of sp³-hybridized carbons (Fsp3) is 0.190. The van der Waals surface area contributed by atoms with Crippen LogP contribution >= 0.6 is 0 Å². The van der Waals surface area contributed by atoms with Gasteiger partial charge < -0.3 is 0 Å². The second-order valence-corrected chi connectivity index (χ2v) is 5.27. The van der Waals surface area contributed by atoms with Crippen LogP contribution in [0.2, 0.25) is 0 Å². The van der Waals surface area contributed by atoms with Crippen molar-refractivity contribution >= 4 is 11.3 Å².